The molecule has 0 aliphatic rings. The average Bonchev–Trinajstić information content (AvgIpc) is 3.06. The normalized spacial score (nSPS) is 12.5. The molecule has 3 aromatic rings. The van der Waals surface area contributed by atoms with E-state index in [1.165, 1.54) is 9.75 Å². The van der Waals surface area contributed by atoms with Crippen LogP contribution >= 0.6 is 11.3 Å². The van der Waals surface area contributed by atoms with Gasteiger partial charge in [0.2, 0.25) is 0 Å². The number of hydrogen-bond acceptors (Lipinski definition) is 2. The van der Waals surface area contributed by atoms with Crippen molar-refractivity contribution in [3.05, 3.63) is 57.9 Å². The zero-order chi connectivity index (χ0) is 14.8. The standard InChI is InChI=1S/C17H18N2OS/c1-11(9-15-6-3-12(2)21-15)19-17(20)14-5-4-13-7-8-18-16(13)10-14/h3-8,10-11,18H,9H2,1-2H3,(H,19,20). The lowest BCUT2D eigenvalue weighted by atomic mass is 10.1. The summed E-state index contributed by atoms with van der Waals surface area (Å²) in [7, 11) is 0. The minimum absolute atomic E-state index is 0.0210. The summed E-state index contributed by atoms with van der Waals surface area (Å²) in [6.07, 6.45) is 2.75. The maximum atomic E-state index is 12.3. The van der Waals surface area contributed by atoms with Crippen LogP contribution in [-0.4, -0.2) is 16.9 Å². The number of thiophene rings is 1. The fraction of sp³-hybridized carbons (Fsp3) is 0.235. The number of carbonyl (C=O) groups excluding carboxylic acids is 1. The van der Waals surface area contributed by atoms with E-state index in [-0.39, 0.29) is 11.9 Å². The molecule has 0 saturated heterocycles. The predicted molar refractivity (Wildman–Crippen MR) is 88.0 cm³/mol. The van der Waals surface area contributed by atoms with E-state index in [0.717, 1.165) is 17.3 Å². The van der Waals surface area contributed by atoms with E-state index in [2.05, 4.69) is 29.4 Å². The third kappa shape index (κ3) is 3.16. The summed E-state index contributed by atoms with van der Waals surface area (Å²) < 4.78 is 0. The number of aryl methyl sites for hydroxylation is 1. The minimum Gasteiger partial charge on any atom is -0.361 e. The molecule has 3 nitrogen and oxygen atoms in total. The van der Waals surface area contributed by atoms with Crippen molar-refractivity contribution in [3.63, 3.8) is 0 Å². The minimum atomic E-state index is -0.0210. The molecule has 1 unspecified atom stereocenters. The van der Waals surface area contributed by atoms with E-state index < -0.39 is 0 Å². The summed E-state index contributed by atoms with van der Waals surface area (Å²) in [6, 6.07) is 12.1. The van der Waals surface area contributed by atoms with Gasteiger partial charge in [0, 0.05) is 39.5 Å². The number of H-pyrrole nitrogens is 1. The van der Waals surface area contributed by atoms with Crippen LogP contribution in [0.15, 0.2) is 42.6 Å². The summed E-state index contributed by atoms with van der Waals surface area (Å²) in [5.74, 6) is -0.0210. The van der Waals surface area contributed by atoms with E-state index in [1.54, 1.807) is 11.3 Å². The molecule has 1 aromatic carbocycles. The monoisotopic (exact) mass is 298 g/mol. The second-order valence-corrected chi connectivity index (χ2v) is 6.74. The number of fused-ring (bicyclic) bond motifs is 1. The van der Waals surface area contributed by atoms with E-state index in [9.17, 15) is 4.79 Å². The summed E-state index contributed by atoms with van der Waals surface area (Å²) in [5.41, 5.74) is 1.68. The molecular weight excluding hydrogens is 280 g/mol. The molecule has 2 N–H and O–H groups in total. The van der Waals surface area contributed by atoms with Crippen LogP contribution in [0.1, 0.15) is 27.0 Å². The van der Waals surface area contributed by atoms with Gasteiger partial charge in [-0.1, -0.05) is 6.07 Å². The van der Waals surface area contributed by atoms with Crippen LogP contribution < -0.4 is 5.32 Å². The van der Waals surface area contributed by atoms with Gasteiger partial charge < -0.3 is 10.3 Å². The SMILES string of the molecule is Cc1ccc(CC(C)NC(=O)c2ccc3cc[nH]c3c2)s1. The van der Waals surface area contributed by atoms with Gasteiger partial charge in [0.15, 0.2) is 0 Å². The van der Waals surface area contributed by atoms with Crippen LogP contribution in [0.5, 0.6) is 0 Å². The first kappa shape index (κ1) is 13.9. The summed E-state index contributed by atoms with van der Waals surface area (Å²) in [4.78, 5) is 18.0. The lowest BCUT2D eigenvalue weighted by molar-refractivity contribution is 0.0940. The number of amides is 1. The molecule has 0 radical (unpaired) electrons. The third-order valence-electron chi connectivity index (χ3n) is 3.50. The fourth-order valence-electron chi connectivity index (χ4n) is 2.44. The molecule has 2 heterocycles. The molecule has 108 valence electrons. The van der Waals surface area contributed by atoms with Gasteiger partial charge >= 0.3 is 0 Å². The van der Waals surface area contributed by atoms with Crippen molar-refractivity contribution in [2.45, 2.75) is 26.3 Å². The number of hydrogen-bond donors (Lipinski definition) is 2. The smallest absolute Gasteiger partial charge is 0.251 e. The summed E-state index contributed by atoms with van der Waals surface area (Å²) in [5, 5.41) is 4.18. The highest BCUT2D eigenvalue weighted by Gasteiger charge is 2.11. The van der Waals surface area contributed by atoms with Crippen molar-refractivity contribution < 1.29 is 4.79 Å². The van der Waals surface area contributed by atoms with Gasteiger partial charge in [0.05, 0.1) is 0 Å². The molecule has 4 heteroatoms. The maximum absolute atomic E-state index is 12.3. The Morgan fingerprint density at radius 3 is 2.90 bits per heavy atom. The Balaban J connectivity index is 1.67. The van der Waals surface area contributed by atoms with Crippen LogP contribution in [-0.2, 0) is 6.42 Å². The predicted octanol–water partition coefficient (Wildman–Crippen LogP) is 3.90. The van der Waals surface area contributed by atoms with Crippen LogP contribution in [0.4, 0.5) is 0 Å². The van der Waals surface area contributed by atoms with Crippen LogP contribution in [0, 0.1) is 6.92 Å². The molecule has 0 aliphatic carbocycles. The van der Waals surface area contributed by atoms with E-state index in [4.69, 9.17) is 0 Å². The Morgan fingerprint density at radius 2 is 2.14 bits per heavy atom. The first-order valence-electron chi connectivity index (χ1n) is 7.05. The van der Waals surface area contributed by atoms with Gasteiger partial charge in [0.1, 0.15) is 0 Å². The Hall–Kier alpha value is -2.07. The van der Waals surface area contributed by atoms with Gasteiger partial charge in [0.25, 0.3) is 5.91 Å². The quantitative estimate of drug-likeness (QED) is 0.754. The van der Waals surface area contributed by atoms with Crippen LogP contribution in [0.3, 0.4) is 0 Å². The van der Waals surface area contributed by atoms with Crippen LogP contribution in [0.2, 0.25) is 0 Å². The zero-order valence-corrected chi connectivity index (χ0v) is 13.0. The summed E-state index contributed by atoms with van der Waals surface area (Å²) >= 11 is 1.79. The molecule has 0 fully saturated rings. The van der Waals surface area contributed by atoms with Crippen molar-refractivity contribution in [2.24, 2.45) is 0 Å². The molecular formula is C17H18N2OS. The van der Waals surface area contributed by atoms with Gasteiger partial charge in [-0.2, -0.15) is 0 Å². The molecule has 3 rings (SSSR count). The molecule has 2 aromatic heterocycles. The number of aromatic amines is 1. The van der Waals surface area contributed by atoms with E-state index in [0.29, 0.717) is 5.56 Å². The van der Waals surface area contributed by atoms with Crippen molar-refractivity contribution in [1.82, 2.24) is 10.3 Å². The van der Waals surface area contributed by atoms with Gasteiger partial charge in [-0.15, -0.1) is 11.3 Å². The number of nitrogens with one attached hydrogen (secondary N) is 2. The number of rotatable bonds is 4. The van der Waals surface area contributed by atoms with Gasteiger partial charge in [-0.25, -0.2) is 0 Å². The van der Waals surface area contributed by atoms with Crippen molar-refractivity contribution >= 4 is 28.1 Å². The first-order valence-corrected chi connectivity index (χ1v) is 7.87. The maximum Gasteiger partial charge on any atom is 0.251 e. The largest absolute Gasteiger partial charge is 0.361 e. The van der Waals surface area contributed by atoms with Crippen molar-refractivity contribution in [2.75, 3.05) is 0 Å². The van der Waals surface area contributed by atoms with Crippen molar-refractivity contribution in [1.29, 1.82) is 0 Å². The Kier molecular flexibility index (Phi) is 3.80. The molecule has 0 spiro atoms. The fourth-order valence-corrected chi connectivity index (χ4v) is 3.46. The molecule has 0 bridgehead atoms. The highest BCUT2D eigenvalue weighted by atomic mass is 32.1. The molecule has 1 amide bonds. The third-order valence-corrected chi connectivity index (χ3v) is 4.52. The second kappa shape index (κ2) is 5.74. The zero-order valence-electron chi connectivity index (χ0n) is 12.1. The topological polar surface area (TPSA) is 44.9 Å². The van der Waals surface area contributed by atoms with Crippen molar-refractivity contribution in [3.8, 4) is 0 Å². The second-order valence-electron chi connectivity index (χ2n) is 5.37. The summed E-state index contributed by atoms with van der Waals surface area (Å²) in [6.45, 7) is 4.14. The Bertz CT molecular complexity index is 772. The first-order chi connectivity index (χ1) is 10.1. The molecule has 1 atom stereocenters. The van der Waals surface area contributed by atoms with E-state index in [1.807, 2.05) is 37.4 Å². The van der Waals surface area contributed by atoms with Gasteiger partial charge in [-0.05, 0) is 49.6 Å². The van der Waals surface area contributed by atoms with Gasteiger partial charge in [-0.3, -0.25) is 4.79 Å². The lowest BCUT2D eigenvalue weighted by Gasteiger charge is -2.13. The Labute approximate surface area is 128 Å². The van der Waals surface area contributed by atoms with E-state index >= 15 is 0 Å². The molecule has 0 saturated carbocycles. The number of aromatic nitrogens is 1. The molecule has 21 heavy (non-hydrogen) atoms. The number of carbonyl (C=O) groups is 1. The van der Waals surface area contributed by atoms with Crippen LogP contribution in [0.25, 0.3) is 10.9 Å². The molecule has 0 aliphatic heterocycles. The highest BCUT2D eigenvalue weighted by Crippen LogP contribution is 2.17. The number of benzene rings is 1. The lowest BCUT2D eigenvalue weighted by Crippen LogP contribution is -2.33. The highest BCUT2D eigenvalue weighted by molar-refractivity contribution is 7.11. The average molecular weight is 298 g/mol. The Morgan fingerprint density at radius 1 is 1.29 bits per heavy atom.